The predicted molar refractivity (Wildman–Crippen MR) is 52.7 cm³/mol. The van der Waals surface area contributed by atoms with E-state index in [-0.39, 0.29) is 27.9 Å². The maximum absolute atomic E-state index is 9.99. The van der Waals surface area contributed by atoms with E-state index in [4.69, 9.17) is 0 Å². The Hall–Kier alpha value is -2.41. The minimum absolute atomic E-state index is 0. The summed E-state index contributed by atoms with van der Waals surface area (Å²) in [6.07, 6.45) is 7.65. The van der Waals surface area contributed by atoms with Crippen LogP contribution in [0.25, 0.3) is 0 Å². The number of carbonyl (C=O) groups is 2. The summed E-state index contributed by atoms with van der Waals surface area (Å²) in [4.78, 5) is 33.9. The molecule has 0 amide bonds. The van der Waals surface area contributed by atoms with Crippen molar-refractivity contribution in [1.82, 2.24) is 19.9 Å². The Kier molecular flexibility index (Phi) is 7.55. The summed E-state index contributed by atoms with van der Waals surface area (Å²) in [7, 11) is 0. The fourth-order valence-corrected chi connectivity index (χ4v) is 0.809. The molecule has 2 heterocycles. The monoisotopic (exact) mass is 304 g/mol. The maximum Gasteiger partial charge on any atom is 2.00 e. The maximum atomic E-state index is 9.99. The minimum atomic E-state index is -1.30. The SMILES string of the molecule is O=C([O-])c1cnccn1.O=C([O-])c1cnccn1.[Ni+2]. The van der Waals surface area contributed by atoms with Crippen LogP contribution in [0.5, 0.6) is 0 Å². The van der Waals surface area contributed by atoms with Gasteiger partial charge in [-0.25, -0.2) is 0 Å². The van der Waals surface area contributed by atoms with Crippen molar-refractivity contribution in [3.05, 3.63) is 48.6 Å². The fraction of sp³-hybridized carbons (Fsp3) is 0. The molecule has 0 aromatic carbocycles. The van der Waals surface area contributed by atoms with Crippen molar-refractivity contribution in [3.8, 4) is 0 Å². The quantitative estimate of drug-likeness (QED) is 0.565. The number of rotatable bonds is 2. The van der Waals surface area contributed by atoms with E-state index < -0.39 is 11.9 Å². The molecule has 2 rings (SSSR count). The number of hydrogen-bond acceptors (Lipinski definition) is 8. The van der Waals surface area contributed by atoms with Gasteiger partial charge in [0, 0.05) is 24.8 Å². The molecule has 8 nitrogen and oxygen atoms in total. The van der Waals surface area contributed by atoms with Crippen LogP contribution in [0.1, 0.15) is 21.0 Å². The van der Waals surface area contributed by atoms with Gasteiger partial charge in [-0.15, -0.1) is 0 Å². The molecular weight excluding hydrogens is 299 g/mol. The number of nitrogens with zero attached hydrogens (tertiary/aromatic N) is 4. The molecule has 2 aromatic heterocycles. The van der Waals surface area contributed by atoms with Gasteiger partial charge in [0.25, 0.3) is 0 Å². The van der Waals surface area contributed by atoms with Gasteiger partial charge in [-0.1, -0.05) is 0 Å². The molecule has 0 bridgehead atoms. The average Bonchev–Trinajstić information content (AvgIpc) is 2.41. The van der Waals surface area contributed by atoms with Crippen molar-refractivity contribution >= 4 is 11.9 Å². The van der Waals surface area contributed by atoms with Crippen LogP contribution in [0.3, 0.4) is 0 Å². The third kappa shape index (κ3) is 6.18. The first-order chi connectivity index (χ1) is 8.61. The van der Waals surface area contributed by atoms with E-state index in [1.165, 1.54) is 24.8 Å². The van der Waals surface area contributed by atoms with Crippen LogP contribution in [-0.4, -0.2) is 31.9 Å². The number of carboxylic acid groups (broad SMARTS) is 2. The average molecular weight is 305 g/mol. The number of carbonyl (C=O) groups excluding carboxylic acids is 2. The van der Waals surface area contributed by atoms with Crippen molar-refractivity contribution in [2.75, 3.05) is 0 Å². The summed E-state index contributed by atoms with van der Waals surface area (Å²) in [6, 6.07) is 0. The van der Waals surface area contributed by atoms with Crippen LogP contribution in [0.15, 0.2) is 37.2 Å². The van der Waals surface area contributed by atoms with Crippen LogP contribution in [0.4, 0.5) is 0 Å². The van der Waals surface area contributed by atoms with Gasteiger partial charge in [0.05, 0.1) is 24.3 Å². The smallest absolute Gasteiger partial charge is 0.543 e. The van der Waals surface area contributed by atoms with Crippen LogP contribution >= 0.6 is 0 Å². The van der Waals surface area contributed by atoms with Gasteiger partial charge >= 0.3 is 16.5 Å². The van der Waals surface area contributed by atoms with Crippen LogP contribution < -0.4 is 10.2 Å². The van der Waals surface area contributed by atoms with Gasteiger partial charge in [-0.3, -0.25) is 19.9 Å². The van der Waals surface area contributed by atoms with Crippen molar-refractivity contribution in [2.45, 2.75) is 0 Å². The Bertz CT molecular complexity index is 474. The number of hydrogen-bond donors (Lipinski definition) is 0. The Labute approximate surface area is 117 Å². The third-order valence-corrected chi connectivity index (χ3v) is 1.54. The van der Waals surface area contributed by atoms with Gasteiger partial charge < -0.3 is 19.8 Å². The van der Waals surface area contributed by atoms with Crippen molar-refractivity contribution in [3.63, 3.8) is 0 Å². The molecule has 100 valence electrons. The van der Waals surface area contributed by atoms with Crippen LogP contribution in [0, 0.1) is 0 Å². The molecule has 19 heavy (non-hydrogen) atoms. The summed E-state index contributed by atoms with van der Waals surface area (Å²) in [6.45, 7) is 0. The molecule has 0 saturated carbocycles. The Morgan fingerprint density at radius 1 is 0.789 bits per heavy atom. The van der Waals surface area contributed by atoms with Crippen LogP contribution in [-0.2, 0) is 16.5 Å². The molecule has 0 unspecified atom stereocenters. The van der Waals surface area contributed by atoms with Gasteiger partial charge in [0.1, 0.15) is 11.4 Å². The first-order valence-electron chi connectivity index (χ1n) is 4.56. The summed E-state index contributed by atoms with van der Waals surface area (Å²) in [5.74, 6) is -2.61. The molecule has 0 saturated heterocycles. The topological polar surface area (TPSA) is 132 Å². The zero-order valence-corrected chi connectivity index (χ0v) is 10.2. The summed E-state index contributed by atoms with van der Waals surface area (Å²) >= 11 is 0. The molecule has 0 N–H and O–H groups in total. The normalized spacial score (nSPS) is 8.42. The summed E-state index contributed by atoms with van der Waals surface area (Å²) in [5.41, 5.74) is -0.282. The fourth-order valence-electron chi connectivity index (χ4n) is 0.809. The Morgan fingerprint density at radius 3 is 1.32 bits per heavy atom. The molecule has 0 atom stereocenters. The van der Waals surface area contributed by atoms with Crippen molar-refractivity contribution in [2.24, 2.45) is 0 Å². The van der Waals surface area contributed by atoms with E-state index in [9.17, 15) is 19.8 Å². The zero-order valence-electron chi connectivity index (χ0n) is 9.20. The minimum Gasteiger partial charge on any atom is -0.543 e. The summed E-state index contributed by atoms with van der Waals surface area (Å²) < 4.78 is 0. The third-order valence-electron chi connectivity index (χ3n) is 1.54. The second kappa shape index (κ2) is 8.65. The molecule has 0 spiro atoms. The van der Waals surface area contributed by atoms with Gasteiger partial charge in [-0.2, -0.15) is 0 Å². The van der Waals surface area contributed by atoms with Gasteiger partial charge in [0.2, 0.25) is 0 Å². The predicted octanol–water partition coefficient (Wildman–Crippen LogP) is -2.32. The molecule has 0 radical (unpaired) electrons. The largest absolute Gasteiger partial charge is 2.00 e. The van der Waals surface area contributed by atoms with E-state index in [0.29, 0.717) is 0 Å². The first kappa shape index (κ1) is 16.6. The molecular formula is C10H6N4NiO4. The molecule has 0 aliphatic heterocycles. The van der Waals surface area contributed by atoms with E-state index >= 15 is 0 Å². The van der Waals surface area contributed by atoms with E-state index in [2.05, 4.69) is 19.9 Å². The van der Waals surface area contributed by atoms with Crippen molar-refractivity contribution in [1.29, 1.82) is 0 Å². The Balaban J connectivity index is 0.000000324. The van der Waals surface area contributed by atoms with Crippen molar-refractivity contribution < 1.29 is 36.3 Å². The van der Waals surface area contributed by atoms with Gasteiger partial charge in [0.15, 0.2) is 0 Å². The number of carboxylic acids is 2. The first-order valence-corrected chi connectivity index (χ1v) is 4.56. The van der Waals surface area contributed by atoms with E-state index in [0.717, 1.165) is 12.4 Å². The number of aromatic carboxylic acids is 2. The molecule has 0 aliphatic rings. The summed E-state index contributed by atoms with van der Waals surface area (Å²) in [5, 5.41) is 20.0. The zero-order chi connectivity index (χ0) is 13.4. The van der Waals surface area contributed by atoms with Crippen LogP contribution in [0.2, 0.25) is 0 Å². The molecule has 0 fully saturated rings. The van der Waals surface area contributed by atoms with E-state index in [1.807, 2.05) is 0 Å². The molecule has 9 heteroatoms. The molecule has 0 aliphatic carbocycles. The number of aromatic nitrogens is 4. The van der Waals surface area contributed by atoms with E-state index in [1.54, 1.807) is 0 Å². The standard InChI is InChI=1S/2C5H4N2O2.Ni/c2*8-5(9)4-3-6-1-2-7-4;/h2*1-3H,(H,8,9);/q;;+2/p-2. The Morgan fingerprint density at radius 2 is 1.16 bits per heavy atom. The molecule has 2 aromatic rings. The second-order valence-corrected chi connectivity index (χ2v) is 2.76. The second-order valence-electron chi connectivity index (χ2n) is 2.76. The van der Waals surface area contributed by atoms with Gasteiger partial charge in [-0.05, 0) is 0 Å².